The second-order valence-corrected chi connectivity index (χ2v) is 7.49. The summed E-state index contributed by atoms with van der Waals surface area (Å²) in [7, 11) is 0. The van der Waals surface area contributed by atoms with Crippen molar-refractivity contribution in [2.45, 2.75) is 6.42 Å². The van der Waals surface area contributed by atoms with Crippen molar-refractivity contribution in [3.63, 3.8) is 0 Å². The molecule has 1 atom stereocenters. The van der Waals surface area contributed by atoms with E-state index in [-0.39, 0.29) is 6.03 Å². The molecule has 5 nitrogen and oxygen atoms in total. The van der Waals surface area contributed by atoms with Gasteiger partial charge in [0.15, 0.2) is 0 Å². The summed E-state index contributed by atoms with van der Waals surface area (Å²) in [6.07, 6.45) is 1.01. The maximum atomic E-state index is 12.7. The van der Waals surface area contributed by atoms with Gasteiger partial charge in [0.25, 0.3) is 0 Å². The Balaban J connectivity index is 1.26. The van der Waals surface area contributed by atoms with E-state index < -0.39 is 0 Å². The fourth-order valence-electron chi connectivity index (χ4n) is 3.80. The number of carbonyl (C=O) groups is 1. The van der Waals surface area contributed by atoms with Gasteiger partial charge in [-0.15, -0.1) is 0 Å². The van der Waals surface area contributed by atoms with Gasteiger partial charge in [-0.25, -0.2) is 4.79 Å². The molecule has 2 amide bonds. The van der Waals surface area contributed by atoms with Gasteiger partial charge in [0, 0.05) is 18.7 Å². The zero-order valence-corrected chi connectivity index (χ0v) is 16.6. The van der Waals surface area contributed by atoms with Crippen molar-refractivity contribution in [1.82, 2.24) is 4.90 Å². The number of nitrogens with one attached hydrogen (secondary N) is 2. The van der Waals surface area contributed by atoms with Gasteiger partial charge in [0.05, 0.1) is 19.6 Å². The van der Waals surface area contributed by atoms with Crippen LogP contribution in [-0.4, -0.2) is 50.3 Å². The monoisotopic (exact) mass is 390 g/mol. The summed E-state index contributed by atoms with van der Waals surface area (Å²) in [6, 6.07) is 24.1. The quantitative estimate of drug-likeness (QED) is 0.703. The van der Waals surface area contributed by atoms with Crippen LogP contribution in [0.5, 0.6) is 5.75 Å². The highest BCUT2D eigenvalue weighted by Gasteiger charge is 2.21. The van der Waals surface area contributed by atoms with Crippen LogP contribution in [0.3, 0.4) is 0 Å². The predicted octanol–water partition coefficient (Wildman–Crippen LogP) is 3.04. The molecule has 0 spiro atoms. The zero-order chi connectivity index (χ0) is 19.9. The zero-order valence-electron chi connectivity index (χ0n) is 16.6. The van der Waals surface area contributed by atoms with Crippen LogP contribution in [-0.2, 0) is 0 Å². The first-order valence-electron chi connectivity index (χ1n) is 10.3. The average Bonchev–Trinajstić information content (AvgIpc) is 3.00. The molecule has 0 saturated carbocycles. The van der Waals surface area contributed by atoms with E-state index in [4.69, 9.17) is 4.74 Å². The minimum absolute atomic E-state index is 0.0120. The molecule has 5 heteroatoms. The standard InChI is InChI=1S/C24H27N3O2/c28-24(25-22-12-11-20-7-4-5-8-21(20)19-22)27-14-6-13-26(15-16-27)17-18-29-23-9-2-1-3-10-23/h1-5,7-12,19H,6,13-18H2,(H,25,28)/p+1. The lowest BCUT2D eigenvalue weighted by atomic mass is 10.1. The summed E-state index contributed by atoms with van der Waals surface area (Å²) in [5.41, 5.74) is 0.846. The average molecular weight is 391 g/mol. The lowest BCUT2D eigenvalue weighted by molar-refractivity contribution is -0.898. The smallest absolute Gasteiger partial charge is 0.322 e. The SMILES string of the molecule is O=C(Nc1ccc2ccccc2c1)N1CCC[NH+](CCOc2ccccc2)CC1. The third kappa shape index (κ3) is 5.27. The lowest BCUT2D eigenvalue weighted by Crippen LogP contribution is -3.13. The van der Waals surface area contributed by atoms with Gasteiger partial charge in [0.1, 0.15) is 18.9 Å². The maximum absolute atomic E-state index is 12.7. The number of benzene rings is 3. The molecule has 1 heterocycles. The van der Waals surface area contributed by atoms with Crippen LogP contribution in [0.1, 0.15) is 6.42 Å². The van der Waals surface area contributed by atoms with Crippen molar-refractivity contribution < 1.29 is 14.4 Å². The number of hydrogen-bond acceptors (Lipinski definition) is 2. The topological polar surface area (TPSA) is 46.0 Å². The summed E-state index contributed by atoms with van der Waals surface area (Å²) in [5.74, 6) is 0.915. The normalized spacial score (nSPS) is 17.0. The highest BCUT2D eigenvalue weighted by atomic mass is 16.5. The van der Waals surface area contributed by atoms with Gasteiger partial charge >= 0.3 is 6.03 Å². The molecule has 3 aromatic rings. The van der Waals surface area contributed by atoms with Gasteiger partial charge < -0.3 is 19.9 Å². The molecule has 1 saturated heterocycles. The summed E-state index contributed by atoms with van der Waals surface area (Å²) in [6.45, 7) is 5.22. The fraction of sp³-hybridized carbons (Fsp3) is 0.292. The number of fused-ring (bicyclic) bond motifs is 1. The molecule has 1 unspecified atom stereocenters. The van der Waals surface area contributed by atoms with E-state index in [2.05, 4.69) is 17.4 Å². The minimum atomic E-state index is -0.0120. The van der Waals surface area contributed by atoms with Crippen LogP contribution in [0.15, 0.2) is 72.8 Å². The molecule has 1 fully saturated rings. The first-order valence-corrected chi connectivity index (χ1v) is 10.3. The number of para-hydroxylation sites is 1. The van der Waals surface area contributed by atoms with Crippen LogP contribution in [0, 0.1) is 0 Å². The van der Waals surface area contributed by atoms with Crippen LogP contribution >= 0.6 is 0 Å². The number of nitrogens with zero attached hydrogens (tertiary/aromatic N) is 1. The summed E-state index contributed by atoms with van der Waals surface area (Å²) in [5, 5.41) is 5.38. The lowest BCUT2D eigenvalue weighted by Gasteiger charge is -2.21. The van der Waals surface area contributed by atoms with Crippen LogP contribution < -0.4 is 15.0 Å². The molecule has 0 bridgehead atoms. The second-order valence-electron chi connectivity index (χ2n) is 7.49. The van der Waals surface area contributed by atoms with E-state index in [0.29, 0.717) is 6.61 Å². The third-order valence-electron chi connectivity index (χ3n) is 5.45. The summed E-state index contributed by atoms with van der Waals surface area (Å²) in [4.78, 5) is 16.2. The number of hydrogen-bond donors (Lipinski definition) is 2. The minimum Gasteiger partial charge on any atom is -0.488 e. The number of ether oxygens (including phenoxy) is 1. The Hall–Kier alpha value is -3.05. The Kier molecular flexibility index (Phi) is 6.27. The van der Waals surface area contributed by atoms with E-state index in [1.165, 1.54) is 10.3 Å². The molecule has 1 aliphatic heterocycles. The van der Waals surface area contributed by atoms with Gasteiger partial charge in [-0.2, -0.15) is 0 Å². The van der Waals surface area contributed by atoms with Crippen molar-refractivity contribution in [3.8, 4) is 5.75 Å². The van der Waals surface area contributed by atoms with Crippen molar-refractivity contribution in [3.05, 3.63) is 72.8 Å². The Morgan fingerprint density at radius 1 is 0.931 bits per heavy atom. The van der Waals surface area contributed by atoms with Gasteiger partial charge in [0.2, 0.25) is 0 Å². The molecule has 2 N–H and O–H groups in total. The van der Waals surface area contributed by atoms with Crippen LogP contribution in [0.2, 0.25) is 0 Å². The number of amides is 2. The molecule has 150 valence electrons. The molecule has 29 heavy (non-hydrogen) atoms. The van der Waals surface area contributed by atoms with Crippen molar-refractivity contribution in [1.29, 1.82) is 0 Å². The molecule has 3 aromatic carbocycles. The Labute approximate surface area is 171 Å². The summed E-state index contributed by atoms with van der Waals surface area (Å²) >= 11 is 0. The molecule has 0 aliphatic carbocycles. The van der Waals surface area contributed by atoms with Crippen LogP contribution in [0.25, 0.3) is 10.8 Å². The fourth-order valence-corrected chi connectivity index (χ4v) is 3.80. The van der Waals surface area contributed by atoms with E-state index in [9.17, 15) is 4.79 Å². The van der Waals surface area contributed by atoms with E-state index in [1.807, 2.05) is 65.6 Å². The highest BCUT2D eigenvalue weighted by Crippen LogP contribution is 2.19. The molecule has 1 aliphatic rings. The number of carbonyl (C=O) groups excluding carboxylic acids is 1. The Morgan fingerprint density at radius 3 is 2.59 bits per heavy atom. The largest absolute Gasteiger partial charge is 0.488 e. The molecular weight excluding hydrogens is 362 g/mol. The van der Waals surface area contributed by atoms with Gasteiger partial charge in [-0.05, 0) is 35.0 Å². The molecule has 0 radical (unpaired) electrons. The number of quaternary nitrogens is 1. The Morgan fingerprint density at radius 2 is 1.72 bits per heavy atom. The summed E-state index contributed by atoms with van der Waals surface area (Å²) < 4.78 is 5.82. The third-order valence-corrected chi connectivity index (χ3v) is 5.45. The second kappa shape index (κ2) is 9.43. The first-order chi connectivity index (χ1) is 14.3. The van der Waals surface area contributed by atoms with Crippen molar-refractivity contribution >= 4 is 22.5 Å². The van der Waals surface area contributed by atoms with Crippen molar-refractivity contribution in [2.75, 3.05) is 44.6 Å². The van der Waals surface area contributed by atoms with Gasteiger partial charge in [-0.1, -0.05) is 48.5 Å². The molecule has 0 aromatic heterocycles. The van der Waals surface area contributed by atoms with E-state index >= 15 is 0 Å². The highest BCUT2D eigenvalue weighted by molar-refractivity contribution is 5.93. The Bertz CT molecular complexity index is 945. The van der Waals surface area contributed by atoms with E-state index in [0.717, 1.165) is 56.0 Å². The van der Waals surface area contributed by atoms with Crippen molar-refractivity contribution in [2.24, 2.45) is 0 Å². The van der Waals surface area contributed by atoms with Gasteiger partial charge in [-0.3, -0.25) is 0 Å². The first kappa shape index (κ1) is 19.3. The number of anilines is 1. The van der Waals surface area contributed by atoms with Crippen LogP contribution in [0.4, 0.5) is 10.5 Å². The number of rotatable bonds is 5. The number of urea groups is 1. The molecule has 4 rings (SSSR count). The van der Waals surface area contributed by atoms with E-state index in [1.54, 1.807) is 0 Å². The molecular formula is C24H28N3O2+. The maximum Gasteiger partial charge on any atom is 0.322 e. The predicted molar refractivity (Wildman–Crippen MR) is 117 cm³/mol.